The highest BCUT2D eigenvalue weighted by Crippen LogP contribution is 2.19. The fourth-order valence-electron chi connectivity index (χ4n) is 0.902. The van der Waals surface area contributed by atoms with E-state index in [1.165, 1.54) is 0 Å². The minimum atomic E-state index is -0.333. The summed E-state index contributed by atoms with van der Waals surface area (Å²) in [6, 6.07) is 7.31. The summed E-state index contributed by atoms with van der Waals surface area (Å²) in [7, 11) is 0. The first kappa shape index (κ1) is 8.54. The second-order valence-electron chi connectivity index (χ2n) is 2.61. The van der Waals surface area contributed by atoms with Crippen LogP contribution in [0.1, 0.15) is 18.4 Å². The molecule has 0 saturated carbocycles. The standard InChI is InChI=1S/C9H10ClF/c1-7(6-11)8-3-2-4-9(10)5-8/h2-5,7H,6H2,1H3. The van der Waals surface area contributed by atoms with E-state index in [2.05, 4.69) is 0 Å². The molecule has 60 valence electrons. The van der Waals surface area contributed by atoms with Crippen molar-refractivity contribution in [2.75, 3.05) is 6.67 Å². The van der Waals surface area contributed by atoms with Gasteiger partial charge in [-0.2, -0.15) is 0 Å². The van der Waals surface area contributed by atoms with Gasteiger partial charge >= 0.3 is 0 Å². The number of hydrogen-bond acceptors (Lipinski definition) is 0. The molecule has 0 heterocycles. The van der Waals surface area contributed by atoms with Crippen molar-refractivity contribution < 1.29 is 4.39 Å². The van der Waals surface area contributed by atoms with Crippen LogP contribution in [0.2, 0.25) is 5.02 Å². The maximum Gasteiger partial charge on any atom is 0.0960 e. The third-order valence-corrected chi connectivity index (χ3v) is 1.88. The lowest BCUT2D eigenvalue weighted by Crippen LogP contribution is -1.94. The maximum atomic E-state index is 12.2. The Morgan fingerprint density at radius 3 is 2.82 bits per heavy atom. The molecule has 0 fully saturated rings. The van der Waals surface area contributed by atoms with Gasteiger partial charge in [-0.25, -0.2) is 0 Å². The van der Waals surface area contributed by atoms with Gasteiger partial charge in [0, 0.05) is 10.9 Å². The summed E-state index contributed by atoms with van der Waals surface area (Å²) in [5.41, 5.74) is 0.958. The SMILES string of the molecule is CC(CF)c1cccc(Cl)c1. The zero-order chi connectivity index (χ0) is 8.27. The summed E-state index contributed by atoms with van der Waals surface area (Å²) >= 11 is 5.72. The molecule has 0 nitrogen and oxygen atoms in total. The molecule has 2 heteroatoms. The fourth-order valence-corrected chi connectivity index (χ4v) is 1.10. The first-order valence-electron chi connectivity index (χ1n) is 3.55. The normalized spacial score (nSPS) is 13.0. The zero-order valence-electron chi connectivity index (χ0n) is 6.35. The third-order valence-electron chi connectivity index (χ3n) is 1.65. The lowest BCUT2D eigenvalue weighted by molar-refractivity contribution is 0.447. The predicted molar refractivity (Wildman–Crippen MR) is 45.8 cm³/mol. The van der Waals surface area contributed by atoms with Crippen LogP contribution in [0.15, 0.2) is 24.3 Å². The zero-order valence-corrected chi connectivity index (χ0v) is 7.11. The third kappa shape index (κ3) is 2.19. The summed E-state index contributed by atoms with van der Waals surface area (Å²) < 4.78 is 12.2. The van der Waals surface area contributed by atoms with Crippen LogP contribution in [0.4, 0.5) is 4.39 Å². The number of hydrogen-bond donors (Lipinski definition) is 0. The van der Waals surface area contributed by atoms with Crippen LogP contribution in [0, 0.1) is 0 Å². The molecular weight excluding hydrogens is 163 g/mol. The van der Waals surface area contributed by atoms with Gasteiger partial charge in [0.1, 0.15) is 0 Å². The molecule has 11 heavy (non-hydrogen) atoms. The molecule has 0 aromatic heterocycles. The molecule has 0 amide bonds. The van der Waals surface area contributed by atoms with Crippen molar-refractivity contribution in [1.82, 2.24) is 0 Å². The first-order chi connectivity index (χ1) is 5.24. The summed E-state index contributed by atoms with van der Waals surface area (Å²) in [4.78, 5) is 0. The summed E-state index contributed by atoms with van der Waals surface area (Å²) in [6.07, 6.45) is 0. The Hall–Kier alpha value is -0.560. The highest BCUT2D eigenvalue weighted by molar-refractivity contribution is 6.30. The smallest absolute Gasteiger partial charge is 0.0960 e. The maximum absolute atomic E-state index is 12.2. The van der Waals surface area contributed by atoms with E-state index < -0.39 is 0 Å². The van der Waals surface area contributed by atoms with E-state index >= 15 is 0 Å². The van der Waals surface area contributed by atoms with E-state index in [1.54, 1.807) is 12.1 Å². The van der Waals surface area contributed by atoms with Gasteiger partial charge in [-0.1, -0.05) is 30.7 Å². The number of alkyl halides is 1. The van der Waals surface area contributed by atoms with Crippen molar-refractivity contribution in [3.63, 3.8) is 0 Å². The van der Waals surface area contributed by atoms with Crippen LogP contribution in [0.25, 0.3) is 0 Å². The highest BCUT2D eigenvalue weighted by atomic mass is 35.5. The Kier molecular flexibility index (Phi) is 2.89. The minimum absolute atomic E-state index is 0.0475. The second-order valence-corrected chi connectivity index (χ2v) is 3.05. The highest BCUT2D eigenvalue weighted by Gasteiger charge is 2.03. The number of benzene rings is 1. The van der Waals surface area contributed by atoms with Gasteiger partial charge in [-0.3, -0.25) is 4.39 Å². The van der Waals surface area contributed by atoms with Crippen LogP contribution in [-0.4, -0.2) is 6.67 Å². The quantitative estimate of drug-likeness (QED) is 0.642. The van der Waals surface area contributed by atoms with Gasteiger partial charge in [-0.05, 0) is 17.7 Å². The van der Waals surface area contributed by atoms with Gasteiger partial charge in [0.25, 0.3) is 0 Å². The van der Waals surface area contributed by atoms with E-state index in [0.29, 0.717) is 5.02 Å². The van der Waals surface area contributed by atoms with Crippen molar-refractivity contribution in [3.8, 4) is 0 Å². The van der Waals surface area contributed by atoms with Crippen LogP contribution < -0.4 is 0 Å². The van der Waals surface area contributed by atoms with Gasteiger partial charge in [-0.15, -0.1) is 0 Å². The summed E-state index contributed by atoms with van der Waals surface area (Å²) in [5.74, 6) is -0.0475. The molecule has 0 aliphatic rings. The average Bonchev–Trinajstić information content (AvgIpc) is 2.03. The molecule has 0 aliphatic heterocycles. The van der Waals surface area contributed by atoms with E-state index in [4.69, 9.17) is 11.6 Å². The molecule has 0 N–H and O–H groups in total. The van der Waals surface area contributed by atoms with Crippen LogP contribution in [0.3, 0.4) is 0 Å². The van der Waals surface area contributed by atoms with Crippen molar-refractivity contribution in [2.45, 2.75) is 12.8 Å². The summed E-state index contributed by atoms with van der Waals surface area (Å²) in [5, 5.41) is 0.669. The van der Waals surface area contributed by atoms with Gasteiger partial charge in [0.15, 0.2) is 0 Å². The van der Waals surface area contributed by atoms with Crippen molar-refractivity contribution >= 4 is 11.6 Å². The molecule has 1 aromatic rings. The van der Waals surface area contributed by atoms with Crippen LogP contribution in [-0.2, 0) is 0 Å². The Bertz CT molecular complexity index is 235. The van der Waals surface area contributed by atoms with Crippen LogP contribution in [0.5, 0.6) is 0 Å². The van der Waals surface area contributed by atoms with Crippen molar-refractivity contribution in [2.24, 2.45) is 0 Å². The largest absolute Gasteiger partial charge is 0.250 e. The summed E-state index contributed by atoms with van der Waals surface area (Å²) in [6.45, 7) is 1.51. The molecule has 0 saturated heterocycles. The molecule has 1 unspecified atom stereocenters. The van der Waals surface area contributed by atoms with Gasteiger partial charge in [0.2, 0.25) is 0 Å². The monoisotopic (exact) mass is 172 g/mol. The molecule has 0 radical (unpaired) electrons. The molecule has 0 bridgehead atoms. The second kappa shape index (κ2) is 3.72. The number of rotatable bonds is 2. The Morgan fingerprint density at radius 2 is 2.27 bits per heavy atom. The Morgan fingerprint density at radius 1 is 1.55 bits per heavy atom. The topological polar surface area (TPSA) is 0 Å². The Balaban J connectivity index is 2.86. The predicted octanol–water partition coefficient (Wildman–Crippen LogP) is 3.41. The van der Waals surface area contributed by atoms with E-state index in [0.717, 1.165) is 5.56 Å². The van der Waals surface area contributed by atoms with Crippen LogP contribution >= 0.6 is 11.6 Å². The minimum Gasteiger partial charge on any atom is -0.250 e. The Labute approximate surface area is 71.0 Å². The van der Waals surface area contributed by atoms with Crippen molar-refractivity contribution in [3.05, 3.63) is 34.9 Å². The van der Waals surface area contributed by atoms with E-state index in [-0.39, 0.29) is 12.6 Å². The number of halogens is 2. The molecule has 0 aliphatic carbocycles. The lowest BCUT2D eigenvalue weighted by Gasteiger charge is -2.05. The molecular formula is C9H10ClF. The molecule has 0 spiro atoms. The lowest BCUT2D eigenvalue weighted by atomic mass is 10.0. The molecule has 1 atom stereocenters. The van der Waals surface area contributed by atoms with E-state index in [1.807, 2.05) is 19.1 Å². The van der Waals surface area contributed by atoms with E-state index in [9.17, 15) is 4.39 Å². The van der Waals surface area contributed by atoms with Crippen molar-refractivity contribution in [1.29, 1.82) is 0 Å². The molecule has 1 aromatic carbocycles. The molecule has 1 rings (SSSR count). The van der Waals surface area contributed by atoms with Gasteiger partial charge < -0.3 is 0 Å². The van der Waals surface area contributed by atoms with Gasteiger partial charge in [0.05, 0.1) is 6.67 Å². The average molecular weight is 173 g/mol. The first-order valence-corrected chi connectivity index (χ1v) is 3.93. The fraction of sp³-hybridized carbons (Fsp3) is 0.333.